The molecule has 0 aliphatic carbocycles. The number of hydrogen-bond donors (Lipinski definition) is 1. The molecule has 3 N–H and O–H groups in total. The van der Waals surface area contributed by atoms with E-state index in [0.29, 0.717) is 0 Å². The molecule has 0 unspecified atom stereocenters. The van der Waals surface area contributed by atoms with Crippen molar-refractivity contribution in [3.05, 3.63) is 0 Å². The van der Waals surface area contributed by atoms with E-state index >= 15 is 0 Å². The lowest BCUT2D eigenvalue weighted by molar-refractivity contribution is 0.238. The van der Waals surface area contributed by atoms with Gasteiger partial charge in [0.2, 0.25) is 0 Å². The average Bonchev–Trinajstić information content (AvgIpc) is 2.04. The molecule has 0 aliphatic rings. The van der Waals surface area contributed by atoms with Crippen LogP contribution in [0.5, 0.6) is 0 Å². The van der Waals surface area contributed by atoms with E-state index in [0.717, 1.165) is 32.8 Å². The number of unbranched alkanes of at least 4 members (excludes halogenated alkanes) is 3. The lowest BCUT2D eigenvalue weighted by Crippen LogP contribution is -2.08. The van der Waals surface area contributed by atoms with E-state index in [-0.39, 0.29) is 12.8 Å². The molecule has 5 nitrogen and oxygen atoms in total. The van der Waals surface area contributed by atoms with E-state index in [4.69, 9.17) is 0 Å². The Morgan fingerprint density at radius 3 is 2.23 bits per heavy atom. The van der Waals surface area contributed by atoms with Gasteiger partial charge in [0, 0.05) is 0 Å². The molecule has 6 heteroatoms. The molecule has 0 saturated carbocycles. The van der Waals surface area contributed by atoms with Gasteiger partial charge in [-0.25, -0.2) is 4.18 Å². The first-order valence-electron chi connectivity index (χ1n) is 4.07. The summed E-state index contributed by atoms with van der Waals surface area (Å²) in [7, 11) is -2.62. The second-order valence-electron chi connectivity index (χ2n) is 2.46. The van der Waals surface area contributed by atoms with E-state index in [2.05, 4.69) is 15.3 Å². The summed E-state index contributed by atoms with van der Waals surface area (Å²) in [6.07, 6.45) is 3.99. The predicted octanol–water partition coefficient (Wildman–Crippen LogP) is 1.64. The topological polar surface area (TPSA) is 87.6 Å². The highest BCUT2D eigenvalue weighted by Crippen LogP contribution is 2.01. The Hall–Kier alpha value is -0.170. The summed E-state index contributed by atoms with van der Waals surface area (Å²) in [6.45, 7) is 2.31. The zero-order chi connectivity index (χ0) is 9.45. The van der Waals surface area contributed by atoms with Crippen LogP contribution in [0, 0.1) is 0 Å². The summed E-state index contributed by atoms with van der Waals surface area (Å²) in [5.74, 6) is 0. The average molecular weight is 213 g/mol. The third kappa shape index (κ3) is 9.75. The van der Waals surface area contributed by atoms with E-state index in [1.54, 1.807) is 0 Å². The van der Waals surface area contributed by atoms with Crippen LogP contribution in [0.15, 0.2) is 0 Å². The van der Waals surface area contributed by atoms with Gasteiger partial charge in [-0.2, -0.15) is 8.42 Å². The molecule has 0 aromatic heterocycles. The molecule has 0 rings (SSSR count). The first-order chi connectivity index (χ1) is 5.62. The molecule has 0 aromatic rings. The molecule has 0 heterocycles. The van der Waals surface area contributed by atoms with Gasteiger partial charge in [0.25, 0.3) is 0 Å². The summed E-state index contributed by atoms with van der Waals surface area (Å²) in [4.78, 5) is 0. The first-order valence-corrected chi connectivity index (χ1v) is 5.40. The maximum absolute atomic E-state index is 10.6. The third-order valence-corrected chi connectivity index (χ3v) is 2.29. The van der Waals surface area contributed by atoms with Gasteiger partial charge in [-0.05, 0) is 6.42 Å². The highest BCUT2D eigenvalue weighted by atomic mass is 32.3. The van der Waals surface area contributed by atoms with Gasteiger partial charge in [0.1, 0.15) is 0 Å². The van der Waals surface area contributed by atoms with Gasteiger partial charge in [-0.15, -0.1) is 0 Å². The molecule has 0 bridgehead atoms. The van der Waals surface area contributed by atoms with Crippen LogP contribution in [0.3, 0.4) is 0 Å². The molecule has 0 atom stereocenters. The van der Waals surface area contributed by atoms with Crippen LogP contribution in [0.25, 0.3) is 0 Å². The summed E-state index contributed by atoms with van der Waals surface area (Å²) >= 11 is 0. The van der Waals surface area contributed by atoms with Crippen molar-refractivity contribution in [3.63, 3.8) is 0 Å². The molecule has 0 aromatic carbocycles. The molecule has 82 valence electrons. The predicted molar refractivity (Wildman–Crippen MR) is 51.0 cm³/mol. The van der Waals surface area contributed by atoms with Crippen molar-refractivity contribution in [1.29, 1.82) is 0 Å². The van der Waals surface area contributed by atoms with Crippen LogP contribution in [-0.4, -0.2) is 22.1 Å². The summed E-state index contributed by atoms with van der Waals surface area (Å²) in [5.41, 5.74) is 0. The molecule has 0 fully saturated rings. The van der Waals surface area contributed by atoms with Gasteiger partial charge in [0.15, 0.2) is 0 Å². The van der Waals surface area contributed by atoms with Crippen LogP contribution < -0.4 is 6.15 Å². The molecule has 0 spiro atoms. The van der Waals surface area contributed by atoms with Crippen molar-refractivity contribution in [2.75, 3.05) is 13.7 Å². The minimum atomic E-state index is -3.71. The van der Waals surface area contributed by atoms with Crippen LogP contribution >= 0.6 is 0 Å². The monoisotopic (exact) mass is 213 g/mol. The van der Waals surface area contributed by atoms with E-state index < -0.39 is 10.4 Å². The number of rotatable bonds is 7. The normalized spacial score (nSPS) is 10.9. The smallest absolute Gasteiger partial charge is 0.344 e. The maximum Gasteiger partial charge on any atom is 0.399 e. The van der Waals surface area contributed by atoms with Crippen LogP contribution in [0.4, 0.5) is 0 Å². The Morgan fingerprint density at radius 1 is 1.15 bits per heavy atom. The number of hydrogen-bond acceptors (Lipinski definition) is 5. The zero-order valence-corrected chi connectivity index (χ0v) is 9.10. The molecule has 0 aliphatic heterocycles. The molecule has 0 saturated heterocycles. The third-order valence-electron chi connectivity index (χ3n) is 1.43. The summed E-state index contributed by atoms with van der Waals surface area (Å²) in [6, 6.07) is 0. The van der Waals surface area contributed by atoms with E-state index in [1.807, 2.05) is 0 Å². The second kappa shape index (κ2) is 8.43. The van der Waals surface area contributed by atoms with E-state index in [1.165, 1.54) is 0 Å². The summed E-state index contributed by atoms with van der Waals surface area (Å²) in [5, 5.41) is 0. The van der Waals surface area contributed by atoms with Crippen molar-refractivity contribution in [2.24, 2.45) is 0 Å². The highest BCUT2D eigenvalue weighted by molar-refractivity contribution is 7.81. The van der Waals surface area contributed by atoms with E-state index in [9.17, 15) is 8.42 Å². The lowest BCUT2D eigenvalue weighted by atomic mass is 10.2. The van der Waals surface area contributed by atoms with Crippen molar-refractivity contribution < 1.29 is 16.8 Å². The van der Waals surface area contributed by atoms with Gasteiger partial charge in [-0.1, -0.05) is 26.2 Å². The van der Waals surface area contributed by atoms with Crippen LogP contribution in [-0.2, 0) is 18.8 Å². The molecular formula is C7H19NO4S. The SMILES string of the molecule is CCCCCCOS(=O)(=O)OC.N. The fourth-order valence-electron chi connectivity index (χ4n) is 0.738. The quantitative estimate of drug-likeness (QED) is 0.649. The lowest BCUT2D eigenvalue weighted by Gasteiger charge is -2.01. The van der Waals surface area contributed by atoms with Crippen LogP contribution in [0.2, 0.25) is 0 Å². The first kappa shape index (κ1) is 15.3. The van der Waals surface area contributed by atoms with Gasteiger partial charge in [0.05, 0.1) is 13.7 Å². The molecule has 0 radical (unpaired) electrons. The Bertz CT molecular complexity index is 191. The Kier molecular flexibility index (Phi) is 9.93. The molecule has 0 amide bonds. The minimum absolute atomic E-state index is 0. The van der Waals surface area contributed by atoms with Gasteiger partial charge >= 0.3 is 10.4 Å². The Labute approximate surface area is 80.3 Å². The minimum Gasteiger partial charge on any atom is -0.344 e. The molecular weight excluding hydrogens is 194 g/mol. The van der Waals surface area contributed by atoms with Gasteiger partial charge in [-0.3, -0.25) is 4.18 Å². The van der Waals surface area contributed by atoms with Crippen molar-refractivity contribution in [1.82, 2.24) is 6.15 Å². The fourth-order valence-corrected chi connectivity index (χ4v) is 1.16. The Morgan fingerprint density at radius 2 is 1.77 bits per heavy atom. The zero-order valence-electron chi connectivity index (χ0n) is 8.28. The molecule has 13 heavy (non-hydrogen) atoms. The van der Waals surface area contributed by atoms with Crippen molar-refractivity contribution >= 4 is 10.4 Å². The van der Waals surface area contributed by atoms with Crippen LogP contribution in [0.1, 0.15) is 32.6 Å². The second-order valence-corrected chi connectivity index (χ2v) is 3.84. The maximum atomic E-state index is 10.6. The van der Waals surface area contributed by atoms with Crippen molar-refractivity contribution in [2.45, 2.75) is 32.6 Å². The standard InChI is InChI=1S/C7H16O4S.H3N/c1-3-4-5-6-7-11-12(8,9)10-2;/h3-7H2,1-2H3;1H3. The van der Waals surface area contributed by atoms with Crippen molar-refractivity contribution in [3.8, 4) is 0 Å². The summed E-state index contributed by atoms with van der Waals surface area (Å²) < 4.78 is 29.7. The highest BCUT2D eigenvalue weighted by Gasteiger charge is 2.06. The largest absolute Gasteiger partial charge is 0.399 e. The Balaban J connectivity index is 0. The van der Waals surface area contributed by atoms with Gasteiger partial charge < -0.3 is 6.15 Å². The fraction of sp³-hybridized carbons (Fsp3) is 1.00.